The Bertz CT molecular complexity index is 666. The van der Waals surface area contributed by atoms with E-state index in [1.165, 1.54) is 19.3 Å². The van der Waals surface area contributed by atoms with Crippen molar-refractivity contribution in [2.45, 2.75) is 97.8 Å². The van der Waals surface area contributed by atoms with E-state index >= 15 is 0 Å². The summed E-state index contributed by atoms with van der Waals surface area (Å²) < 4.78 is 8.34. The van der Waals surface area contributed by atoms with E-state index in [0.717, 1.165) is 76.0 Å². The molecule has 0 radical (unpaired) electrons. The molecule has 29 heavy (non-hydrogen) atoms. The minimum Gasteiger partial charge on any atom is -0.378 e. The van der Waals surface area contributed by atoms with E-state index in [1.807, 2.05) is 0 Å². The van der Waals surface area contributed by atoms with Gasteiger partial charge in [0, 0.05) is 50.5 Å². The predicted molar refractivity (Wildman–Crippen MR) is 117 cm³/mol. The van der Waals surface area contributed by atoms with Crippen LogP contribution in [-0.2, 0) is 24.1 Å². The number of hydrogen-bond acceptors (Lipinski definition) is 4. The molecule has 164 valence electrons. The normalized spacial score (nSPS) is 23.8. The summed E-state index contributed by atoms with van der Waals surface area (Å²) in [5.41, 5.74) is 0.205. The molecule has 0 aromatic carbocycles. The fraction of sp³-hybridized carbons (Fsp3) is 0.864. The number of nitrogens with one attached hydrogen (secondary N) is 2. The van der Waals surface area contributed by atoms with Gasteiger partial charge in [0.25, 0.3) is 0 Å². The maximum absolute atomic E-state index is 6.02. The number of ether oxygens (including phenoxy) is 1. The first-order valence-electron chi connectivity index (χ1n) is 11.8. The van der Waals surface area contributed by atoms with Gasteiger partial charge in [0.1, 0.15) is 11.6 Å². The van der Waals surface area contributed by atoms with Gasteiger partial charge in [-0.3, -0.25) is 4.99 Å². The number of hydrogen-bond donors (Lipinski definition) is 2. The Kier molecular flexibility index (Phi) is 7.92. The number of rotatable bonds is 9. The molecule has 1 aromatic heterocycles. The van der Waals surface area contributed by atoms with E-state index in [-0.39, 0.29) is 5.41 Å². The van der Waals surface area contributed by atoms with Crippen molar-refractivity contribution in [3.8, 4) is 0 Å². The van der Waals surface area contributed by atoms with Crippen LogP contribution >= 0.6 is 0 Å². The van der Waals surface area contributed by atoms with Crippen molar-refractivity contribution in [1.29, 1.82) is 0 Å². The van der Waals surface area contributed by atoms with E-state index in [1.54, 1.807) is 0 Å². The second kappa shape index (κ2) is 10.4. The van der Waals surface area contributed by atoms with Crippen LogP contribution in [0.25, 0.3) is 0 Å². The molecule has 2 unspecified atom stereocenters. The van der Waals surface area contributed by atoms with Crippen LogP contribution in [0.15, 0.2) is 4.99 Å². The van der Waals surface area contributed by atoms with Gasteiger partial charge in [0.05, 0.1) is 6.10 Å². The second-order valence-corrected chi connectivity index (χ2v) is 8.32. The van der Waals surface area contributed by atoms with Gasteiger partial charge in [-0.1, -0.05) is 20.3 Å². The van der Waals surface area contributed by atoms with Crippen LogP contribution in [-0.4, -0.2) is 52.6 Å². The number of aliphatic imine (C=N–C) groups is 1. The highest BCUT2D eigenvalue weighted by atomic mass is 16.5. The molecule has 0 spiro atoms. The highest BCUT2D eigenvalue weighted by Crippen LogP contribution is 2.48. The number of aryl methyl sites for hydroxylation is 1. The molecule has 2 atom stereocenters. The maximum Gasteiger partial charge on any atom is 0.191 e. The van der Waals surface area contributed by atoms with Crippen LogP contribution in [0.5, 0.6) is 0 Å². The van der Waals surface area contributed by atoms with Crippen LogP contribution in [0.4, 0.5) is 0 Å². The first kappa shape index (κ1) is 22.1. The van der Waals surface area contributed by atoms with Gasteiger partial charge in [0.15, 0.2) is 5.96 Å². The van der Waals surface area contributed by atoms with E-state index in [4.69, 9.17) is 9.73 Å². The van der Waals surface area contributed by atoms with Crippen molar-refractivity contribution in [2.75, 3.05) is 19.7 Å². The molecule has 2 N–H and O–H groups in total. The van der Waals surface area contributed by atoms with Crippen molar-refractivity contribution in [3.05, 3.63) is 11.6 Å². The third-order valence-corrected chi connectivity index (χ3v) is 6.92. The Morgan fingerprint density at radius 2 is 2.00 bits per heavy atom. The smallest absolute Gasteiger partial charge is 0.191 e. The van der Waals surface area contributed by atoms with Crippen molar-refractivity contribution in [3.63, 3.8) is 0 Å². The van der Waals surface area contributed by atoms with E-state index in [9.17, 15) is 0 Å². The van der Waals surface area contributed by atoms with Crippen LogP contribution in [0, 0.1) is 5.41 Å². The largest absolute Gasteiger partial charge is 0.378 e. The van der Waals surface area contributed by atoms with Crippen LogP contribution in [0.3, 0.4) is 0 Å². The summed E-state index contributed by atoms with van der Waals surface area (Å²) in [6, 6.07) is 0.413. The molecule has 1 saturated carbocycles. The molecular weight excluding hydrogens is 364 g/mol. The Morgan fingerprint density at radius 3 is 2.72 bits per heavy atom. The lowest BCUT2D eigenvalue weighted by Gasteiger charge is -2.55. The van der Waals surface area contributed by atoms with Gasteiger partial charge in [0.2, 0.25) is 0 Å². The Balaban J connectivity index is 1.61. The molecule has 0 bridgehead atoms. The number of fused-ring (bicyclic) bond motifs is 1. The lowest BCUT2D eigenvalue weighted by Crippen LogP contribution is -2.65. The second-order valence-electron chi connectivity index (χ2n) is 8.32. The summed E-state index contributed by atoms with van der Waals surface area (Å²) in [5, 5.41) is 16.0. The fourth-order valence-electron chi connectivity index (χ4n) is 5.07. The van der Waals surface area contributed by atoms with Crippen LogP contribution in [0.2, 0.25) is 0 Å². The molecule has 7 nitrogen and oxygen atoms in total. The third-order valence-electron chi connectivity index (χ3n) is 6.92. The Morgan fingerprint density at radius 1 is 1.17 bits per heavy atom. The van der Waals surface area contributed by atoms with Gasteiger partial charge in [-0.05, 0) is 46.0 Å². The van der Waals surface area contributed by atoms with Gasteiger partial charge in [-0.2, -0.15) is 0 Å². The average molecular weight is 405 g/mol. The average Bonchev–Trinajstić information content (AvgIpc) is 2.94. The molecular formula is C22H40N6O. The van der Waals surface area contributed by atoms with Crippen molar-refractivity contribution < 1.29 is 4.74 Å². The molecule has 2 aliphatic rings. The molecule has 1 aliphatic carbocycles. The first-order valence-corrected chi connectivity index (χ1v) is 11.8. The number of guanidine groups is 1. The topological polar surface area (TPSA) is 76.4 Å². The minimum atomic E-state index is 0.205. The zero-order valence-corrected chi connectivity index (χ0v) is 18.8. The molecule has 7 heteroatoms. The molecule has 1 fully saturated rings. The predicted octanol–water partition coefficient (Wildman–Crippen LogP) is 3.09. The monoisotopic (exact) mass is 404 g/mol. The lowest BCUT2D eigenvalue weighted by molar-refractivity contribution is -0.133. The number of aromatic nitrogens is 3. The quantitative estimate of drug-likeness (QED) is 0.489. The first-order chi connectivity index (χ1) is 14.2. The van der Waals surface area contributed by atoms with Gasteiger partial charge >= 0.3 is 0 Å². The summed E-state index contributed by atoms with van der Waals surface area (Å²) >= 11 is 0. The van der Waals surface area contributed by atoms with E-state index in [0.29, 0.717) is 12.1 Å². The molecule has 0 saturated heterocycles. The third kappa shape index (κ3) is 4.76. The van der Waals surface area contributed by atoms with E-state index < -0.39 is 0 Å². The summed E-state index contributed by atoms with van der Waals surface area (Å²) in [6.45, 7) is 12.2. The Labute approximate surface area is 176 Å². The summed E-state index contributed by atoms with van der Waals surface area (Å²) in [4.78, 5) is 4.86. The standard InChI is InChI=1S/C22H40N6O/c1-5-22(6-2)17(16-18(22)29-8-4)25-21(23-7-3)24-14-13-20-27-26-19-12-10-9-11-15-28(19)20/h17-18H,5-16H2,1-4H3,(H2,23,24,25). The van der Waals surface area contributed by atoms with Gasteiger partial charge < -0.3 is 19.9 Å². The summed E-state index contributed by atoms with van der Waals surface area (Å²) in [7, 11) is 0. The molecule has 2 heterocycles. The van der Waals surface area contributed by atoms with Gasteiger partial charge in [-0.15, -0.1) is 10.2 Å². The molecule has 1 aromatic rings. The Hall–Kier alpha value is -1.63. The fourth-order valence-corrected chi connectivity index (χ4v) is 5.07. The highest BCUT2D eigenvalue weighted by molar-refractivity contribution is 5.80. The highest BCUT2D eigenvalue weighted by Gasteiger charge is 2.53. The SMILES string of the molecule is CCNC(=NCCc1nnc2n1CCCCC2)NC1CC(OCC)C1(CC)CC. The van der Waals surface area contributed by atoms with E-state index in [2.05, 4.69) is 53.1 Å². The summed E-state index contributed by atoms with van der Waals surface area (Å²) in [6.07, 6.45) is 9.29. The zero-order valence-electron chi connectivity index (χ0n) is 18.8. The lowest BCUT2D eigenvalue weighted by atomic mass is 9.58. The molecule has 3 rings (SSSR count). The van der Waals surface area contributed by atoms with Crippen molar-refractivity contribution >= 4 is 5.96 Å². The summed E-state index contributed by atoms with van der Waals surface area (Å²) in [5.74, 6) is 3.14. The van der Waals surface area contributed by atoms with Crippen molar-refractivity contribution in [1.82, 2.24) is 25.4 Å². The molecule has 0 amide bonds. The number of nitrogens with zero attached hydrogens (tertiary/aromatic N) is 4. The minimum absolute atomic E-state index is 0.205. The zero-order chi connectivity index (χ0) is 20.7. The van der Waals surface area contributed by atoms with Gasteiger partial charge in [-0.25, -0.2) is 0 Å². The van der Waals surface area contributed by atoms with Crippen LogP contribution < -0.4 is 10.6 Å². The van der Waals surface area contributed by atoms with Crippen molar-refractivity contribution in [2.24, 2.45) is 10.4 Å². The molecule has 1 aliphatic heterocycles. The van der Waals surface area contributed by atoms with Crippen LogP contribution in [0.1, 0.15) is 77.9 Å². The maximum atomic E-state index is 6.02.